The first kappa shape index (κ1) is 14.5. The zero-order chi connectivity index (χ0) is 13.8. The summed E-state index contributed by atoms with van der Waals surface area (Å²) in [5.74, 6) is 0.209. The standard InChI is InChI=1S/C15H21BrN2O/c1-3-8-17-13-5-4-9-18(15(13)19)14-10-12(16)7-6-11(14)2/h6-7,10,13,17H,3-5,8-9H2,1-2H3. The van der Waals surface area contributed by atoms with E-state index in [1.165, 1.54) is 0 Å². The number of halogens is 1. The van der Waals surface area contributed by atoms with Gasteiger partial charge in [0, 0.05) is 16.7 Å². The van der Waals surface area contributed by atoms with Crippen molar-refractivity contribution in [3.05, 3.63) is 28.2 Å². The first-order valence-electron chi connectivity index (χ1n) is 6.94. The van der Waals surface area contributed by atoms with Crippen LogP contribution in [-0.4, -0.2) is 25.0 Å². The summed E-state index contributed by atoms with van der Waals surface area (Å²) in [7, 11) is 0. The lowest BCUT2D eigenvalue weighted by atomic mass is 10.0. The van der Waals surface area contributed by atoms with Crippen molar-refractivity contribution in [2.45, 2.75) is 39.2 Å². The predicted octanol–water partition coefficient (Wildman–Crippen LogP) is 3.25. The highest BCUT2D eigenvalue weighted by Gasteiger charge is 2.29. The van der Waals surface area contributed by atoms with Crippen molar-refractivity contribution in [1.82, 2.24) is 5.32 Å². The van der Waals surface area contributed by atoms with Crippen LogP contribution in [0.2, 0.25) is 0 Å². The number of hydrogen-bond acceptors (Lipinski definition) is 2. The summed E-state index contributed by atoms with van der Waals surface area (Å²) in [4.78, 5) is 14.5. The Morgan fingerprint density at radius 1 is 1.47 bits per heavy atom. The van der Waals surface area contributed by atoms with Crippen LogP contribution in [-0.2, 0) is 4.79 Å². The Kier molecular flexibility index (Phi) is 4.99. The molecule has 1 aliphatic heterocycles. The molecule has 1 aromatic rings. The van der Waals surface area contributed by atoms with Gasteiger partial charge < -0.3 is 10.2 Å². The van der Waals surface area contributed by atoms with E-state index < -0.39 is 0 Å². The van der Waals surface area contributed by atoms with Gasteiger partial charge in [0.25, 0.3) is 0 Å². The third-order valence-electron chi connectivity index (χ3n) is 3.54. The topological polar surface area (TPSA) is 32.3 Å². The van der Waals surface area contributed by atoms with Gasteiger partial charge in [-0.1, -0.05) is 28.9 Å². The normalized spacial score (nSPS) is 19.8. The summed E-state index contributed by atoms with van der Waals surface area (Å²) in [5.41, 5.74) is 2.18. The lowest BCUT2D eigenvalue weighted by Crippen LogP contribution is -2.51. The van der Waals surface area contributed by atoms with E-state index in [9.17, 15) is 4.79 Å². The molecular formula is C15H21BrN2O. The SMILES string of the molecule is CCCNC1CCCN(c2cc(Br)ccc2C)C1=O. The van der Waals surface area contributed by atoms with Crippen molar-refractivity contribution < 1.29 is 4.79 Å². The Morgan fingerprint density at radius 2 is 2.26 bits per heavy atom. The number of hydrogen-bond donors (Lipinski definition) is 1. The van der Waals surface area contributed by atoms with Crippen LogP contribution in [0, 0.1) is 6.92 Å². The molecule has 1 N–H and O–H groups in total. The van der Waals surface area contributed by atoms with Gasteiger partial charge >= 0.3 is 0 Å². The van der Waals surface area contributed by atoms with E-state index in [-0.39, 0.29) is 11.9 Å². The first-order chi connectivity index (χ1) is 9.13. The number of benzene rings is 1. The lowest BCUT2D eigenvalue weighted by Gasteiger charge is -2.33. The summed E-state index contributed by atoms with van der Waals surface area (Å²) >= 11 is 3.49. The third-order valence-corrected chi connectivity index (χ3v) is 4.03. The molecule has 1 amide bonds. The van der Waals surface area contributed by atoms with Gasteiger partial charge in [-0.05, 0) is 50.4 Å². The molecule has 0 aromatic heterocycles. The summed E-state index contributed by atoms with van der Waals surface area (Å²) in [5, 5.41) is 3.35. The Labute approximate surface area is 123 Å². The van der Waals surface area contributed by atoms with Gasteiger partial charge in [0.1, 0.15) is 0 Å². The molecule has 1 unspecified atom stereocenters. The Balaban J connectivity index is 2.19. The monoisotopic (exact) mass is 324 g/mol. The second-order valence-electron chi connectivity index (χ2n) is 5.07. The minimum absolute atomic E-state index is 0.0212. The molecule has 0 spiro atoms. The van der Waals surface area contributed by atoms with E-state index in [0.717, 1.165) is 48.1 Å². The smallest absolute Gasteiger partial charge is 0.244 e. The van der Waals surface area contributed by atoms with Crippen molar-refractivity contribution in [2.75, 3.05) is 18.0 Å². The number of anilines is 1. The number of piperidine rings is 1. The molecule has 1 saturated heterocycles. The quantitative estimate of drug-likeness (QED) is 0.922. The zero-order valence-corrected chi connectivity index (χ0v) is 13.2. The highest BCUT2D eigenvalue weighted by Crippen LogP contribution is 2.27. The fraction of sp³-hybridized carbons (Fsp3) is 0.533. The molecule has 1 aliphatic rings. The van der Waals surface area contributed by atoms with Crippen molar-refractivity contribution >= 4 is 27.5 Å². The Bertz CT molecular complexity index is 461. The third kappa shape index (κ3) is 3.37. The first-order valence-corrected chi connectivity index (χ1v) is 7.73. The predicted molar refractivity (Wildman–Crippen MR) is 82.5 cm³/mol. The largest absolute Gasteiger partial charge is 0.311 e. The molecule has 104 valence electrons. The number of nitrogens with one attached hydrogen (secondary N) is 1. The van der Waals surface area contributed by atoms with Crippen LogP contribution in [0.1, 0.15) is 31.7 Å². The number of rotatable bonds is 4. The van der Waals surface area contributed by atoms with Crippen molar-refractivity contribution in [1.29, 1.82) is 0 Å². The van der Waals surface area contributed by atoms with Crippen LogP contribution >= 0.6 is 15.9 Å². The van der Waals surface area contributed by atoms with Gasteiger partial charge in [-0.2, -0.15) is 0 Å². The van der Waals surface area contributed by atoms with E-state index in [1.54, 1.807) is 0 Å². The maximum atomic E-state index is 12.5. The molecular weight excluding hydrogens is 304 g/mol. The Morgan fingerprint density at radius 3 is 3.00 bits per heavy atom. The fourth-order valence-corrected chi connectivity index (χ4v) is 2.84. The van der Waals surface area contributed by atoms with Gasteiger partial charge in [-0.15, -0.1) is 0 Å². The van der Waals surface area contributed by atoms with Crippen molar-refractivity contribution in [2.24, 2.45) is 0 Å². The van der Waals surface area contributed by atoms with Gasteiger partial charge in [0.05, 0.1) is 6.04 Å². The van der Waals surface area contributed by atoms with Crippen molar-refractivity contribution in [3.63, 3.8) is 0 Å². The lowest BCUT2D eigenvalue weighted by molar-refractivity contribution is -0.121. The maximum absolute atomic E-state index is 12.5. The van der Waals surface area contributed by atoms with Crippen LogP contribution < -0.4 is 10.2 Å². The van der Waals surface area contributed by atoms with Gasteiger partial charge in [-0.3, -0.25) is 4.79 Å². The molecule has 3 nitrogen and oxygen atoms in total. The van der Waals surface area contributed by atoms with Crippen molar-refractivity contribution in [3.8, 4) is 0 Å². The molecule has 1 aromatic carbocycles. The molecule has 19 heavy (non-hydrogen) atoms. The Hall–Kier alpha value is -0.870. The average Bonchev–Trinajstić information content (AvgIpc) is 2.41. The molecule has 0 aliphatic carbocycles. The van der Waals surface area contributed by atoms with Crippen LogP contribution in [0.3, 0.4) is 0 Å². The number of aryl methyl sites for hydroxylation is 1. The number of carbonyl (C=O) groups is 1. The molecule has 1 heterocycles. The van der Waals surface area contributed by atoms with E-state index in [2.05, 4.69) is 41.2 Å². The van der Waals surface area contributed by atoms with Gasteiger partial charge in [-0.25, -0.2) is 0 Å². The van der Waals surface area contributed by atoms with E-state index in [0.29, 0.717) is 0 Å². The second-order valence-corrected chi connectivity index (χ2v) is 5.99. The van der Waals surface area contributed by atoms with Crippen LogP contribution in [0.25, 0.3) is 0 Å². The number of amides is 1. The van der Waals surface area contributed by atoms with Gasteiger partial charge in [0.2, 0.25) is 5.91 Å². The fourth-order valence-electron chi connectivity index (χ4n) is 2.50. The van der Waals surface area contributed by atoms with Crippen LogP contribution in [0.15, 0.2) is 22.7 Å². The van der Waals surface area contributed by atoms with Gasteiger partial charge in [0.15, 0.2) is 0 Å². The molecule has 1 atom stereocenters. The molecule has 2 rings (SSSR count). The molecule has 0 bridgehead atoms. The minimum atomic E-state index is -0.0212. The van der Waals surface area contributed by atoms with E-state index in [4.69, 9.17) is 0 Å². The van der Waals surface area contributed by atoms with Crippen LogP contribution in [0.5, 0.6) is 0 Å². The van der Waals surface area contributed by atoms with Crippen LogP contribution in [0.4, 0.5) is 5.69 Å². The molecule has 0 saturated carbocycles. The highest BCUT2D eigenvalue weighted by atomic mass is 79.9. The maximum Gasteiger partial charge on any atom is 0.244 e. The number of nitrogens with zero attached hydrogens (tertiary/aromatic N) is 1. The molecule has 0 radical (unpaired) electrons. The summed E-state index contributed by atoms with van der Waals surface area (Å²) in [6.45, 7) is 5.90. The summed E-state index contributed by atoms with van der Waals surface area (Å²) < 4.78 is 1.02. The average molecular weight is 325 g/mol. The highest BCUT2D eigenvalue weighted by molar-refractivity contribution is 9.10. The minimum Gasteiger partial charge on any atom is -0.311 e. The zero-order valence-electron chi connectivity index (χ0n) is 11.6. The number of carbonyl (C=O) groups excluding carboxylic acids is 1. The van der Waals surface area contributed by atoms with E-state index in [1.807, 2.05) is 17.0 Å². The second kappa shape index (κ2) is 6.53. The molecule has 1 fully saturated rings. The van der Waals surface area contributed by atoms with E-state index >= 15 is 0 Å². The summed E-state index contributed by atoms with van der Waals surface area (Å²) in [6, 6.07) is 6.08. The molecule has 4 heteroatoms. The summed E-state index contributed by atoms with van der Waals surface area (Å²) in [6.07, 6.45) is 3.06.